The van der Waals surface area contributed by atoms with Crippen molar-refractivity contribution in [3.05, 3.63) is 143 Å². The second-order valence-electron chi connectivity index (χ2n) is 20.6. The van der Waals surface area contributed by atoms with Crippen LogP contribution in [0.2, 0.25) is 0 Å². The molecular weight excluding hydrogens is 2330 g/mol. The number of H-pyrrole nitrogens is 2. The Morgan fingerprint density at radius 1 is 0.580 bits per heavy atom. The van der Waals surface area contributed by atoms with E-state index in [2.05, 4.69) is 236 Å². The van der Waals surface area contributed by atoms with Crippen LogP contribution in [0, 0.1) is 60.7 Å². The van der Waals surface area contributed by atoms with Crippen LogP contribution >= 0.6 is 202 Å². The fourth-order valence-corrected chi connectivity index (χ4v) is 9.35. The van der Waals surface area contributed by atoms with Gasteiger partial charge in [0.15, 0.2) is 21.4 Å². The Kier molecular flexibility index (Phi) is 79.4. The number of carbonyl (C=O) groups excluding carboxylic acids is 2. The zero-order chi connectivity index (χ0) is 89.2. The molecule has 46 nitrogen and oxygen atoms in total. The molecule has 0 amide bonds. The van der Waals surface area contributed by atoms with Gasteiger partial charge in [-0.15, -0.1) is 10.2 Å². The van der Waals surface area contributed by atoms with E-state index in [1.807, 2.05) is 22.9 Å². The summed E-state index contributed by atoms with van der Waals surface area (Å²) in [7, 11) is 15.3. The van der Waals surface area contributed by atoms with E-state index in [4.69, 9.17) is 64.4 Å². The number of carboxylic acids is 1. The van der Waals surface area contributed by atoms with Gasteiger partial charge in [-0.25, -0.2) is 18.6 Å². The van der Waals surface area contributed by atoms with E-state index in [1.165, 1.54) is 80.2 Å². The monoisotopic (exact) mass is 2400 g/mol. The molecule has 7 aromatic rings. The van der Waals surface area contributed by atoms with E-state index >= 15 is 0 Å². The summed E-state index contributed by atoms with van der Waals surface area (Å²) in [6, 6.07) is 9.16. The number of hydrogen-bond donors (Lipinski definition) is 6. The van der Waals surface area contributed by atoms with Gasteiger partial charge >= 0.3 is 71.7 Å². The maximum absolute atomic E-state index is 11.2. The quantitative estimate of drug-likeness (QED) is 0.00884. The number of carbonyl (C=O) groups is 3. The van der Waals surface area contributed by atoms with Gasteiger partial charge in [0.1, 0.15) is 9.85 Å². The average Bonchev–Trinajstić information content (AvgIpc) is 1.69. The number of methoxy groups -OCH3 is 2. The predicted molar refractivity (Wildman–Crippen MR) is 481 cm³/mol. The minimum absolute atomic E-state index is 0. The number of fused-ring (bicyclic) bond motifs is 2. The summed E-state index contributed by atoms with van der Waals surface area (Å²) in [5.41, 5.74) is 13.1. The Morgan fingerprint density at radius 3 is 1.24 bits per heavy atom. The van der Waals surface area contributed by atoms with Crippen molar-refractivity contribution in [1.29, 1.82) is 0 Å². The molecule has 0 spiro atoms. The number of aromatic carboxylic acids is 1. The van der Waals surface area contributed by atoms with Gasteiger partial charge in [-0.05, 0) is 123 Å². The molecule has 669 valence electrons. The Labute approximate surface area is 798 Å². The molecule has 0 saturated carbocycles. The van der Waals surface area contributed by atoms with Gasteiger partial charge in [-0.1, -0.05) is 148 Å². The molecule has 0 atom stereocenters. The molecule has 0 aromatic carbocycles. The van der Waals surface area contributed by atoms with Crippen molar-refractivity contribution in [2.75, 3.05) is 107 Å². The van der Waals surface area contributed by atoms with E-state index in [0.717, 1.165) is 111 Å². The molecule has 2 fully saturated rings. The Morgan fingerprint density at radius 2 is 0.916 bits per heavy atom. The van der Waals surface area contributed by atoms with Crippen LogP contribution in [0.1, 0.15) is 88.8 Å². The number of aryl methyl sites for hydroxylation is 3. The summed E-state index contributed by atoms with van der Waals surface area (Å²) in [6.45, 7) is 10.6. The summed E-state index contributed by atoms with van der Waals surface area (Å²) >= 11 is 43.2. The number of aliphatic hydroxyl groups excluding tert-OH is 1. The average molecular weight is 2410 g/mol. The fourth-order valence-electron chi connectivity index (χ4n) is 7.89. The number of esters is 2. The number of ether oxygens (including phenoxy) is 4. The van der Waals surface area contributed by atoms with Crippen molar-refractivity contribution in [3.8, 4) is 0 Å². The fraction of sp³-hybridized carbons (Fsp3) is 0.564. The number of aromatic nitrogens is 14. The number of aromatic amines is 2. The molecule has 4 aliphatic rings. The van der Waals surface area contributed by atoms with Crippen LogP contribution in [0.25, 0.3) is 0 Å². The minimum atomic E-state index is -1.67. The van der Waals surface area contributed by atoms with Gasteiger partial charge in [0, 0.05) is 120 Å². The van der Waals surface area contributed by atoms with Crippen molar-refractivity contribution < 1.29 is 97.6 Å². The molecule has 0 bridgehead atoms. The summed E-state index contributed by atoms with van der Waals surface area (Å²) in [6.07, 6.45) is 5.11. The number of nitrogen functional groups attached to an aromatic ring is 1. The molecule has 8 N–H and O–H groups in total. The summed E-state index contributed by atoms with van der Waals surface area (Å²) < 4.78 is 34.8. The maximum atomic E-state index is 11.2. The molecule has 3 radical (unpaired) electrons. The van der Waals surface area contributed by atoms with Crippen molar-refractivity contribution in [2.24, 2.45) is 5.73 Å². The van der Waals surface area contributed by atoms with Gasteiger partial charge < -0.3 is 103 Å². The third-order valence-electron chi connectivity index (χ3n) is 12.6. The number of nitrogens with one attached hydrogen (secondary N) is 2. The third kappa shape index (κ3) is 58.6. The Hall–Kier alpha value is -4.15. The number of halogens is 14. The zero-order valence-electron chi connectivity index (χ0n) is 64.0. The second kappa shape index (κ2) is 75.2. The predicted octanol–water partition coefficient (Wildman–Crippen LogP) is 10.7. The standard InChI is InChI=1S/C7H8BrN3O4.C7H10N4O2.C7H12N4.C6H7Br2N3O2.C6H8BrN3O3.C5H5N3O4.C4H3N3O4.2C4H8O.C2H4Br2.CHCl3.CH5N.CH4.B.Br3P.Cl2OS.Li.H/c1-15-7(12)5-4-6(11(13)14)9-10(5)3-2-8;1-9-2-3-10-6(5-9)4-7(8-10)11(12)13;1-10-2-3-11-6(5-10)4-7(8)9-11;7-1-2-10-5(4-8)3-6(9-10)11(12)13;7-1-2-9-5(4-11)3-6(8-9)10(12)13;1-12-5(9)3-2-4(7-6-3)8(10)11;8-4(9)2-1-3(6-5-2)7(10)11;2*1-2-4-5-3-1;3-1-2-4;2-1(3)4;1-2;;;2*1-4(2)3;;/h4H,2-3H2,1H3;4H,2-3,5H2,1H3;4H,2-3,5H2,1H3,(H2,8,9);3H,1-2,4H2;3,11H,1-2,4H2;2H,1H3,(H,6,7);1H,(H,5,6)(H,8,9);2*1-4H2;1-2H2;1H;2H2,1H3;1H4;;;;;/q;;;;;;;;;;;;;;;;+1;-1. The molecule has 11 rings (SSSR count). The number of aliphatic hydroxyl groups is 1. The van der Waals surface area contributed by atoms with Crippen LogP contribution < -0.4 is 30.3 Å². The number of anilines is 1. The van der Waals surface area contributed by atoms with E-state index in [9.17, 15) is 75.1 Å². The van der Waals surface area contributed by atoms with E-state index in [1.54, 1.807) is 9.36 Å². The molecule has 119 heavy (non-hydrogen) atoms. The van der Waals surface area contributed by atoms with E-state index in [0.29, 0.717) is 47.1 Å². The van der Waals surface area contributed by atoms with Crippen LogP contribution in [0.15, 0.2) is 42.5 Å². The maximum Gasteiger partial charge on any atom is 1.00 e. The molecule has 2 saturated heterocycles. The topological polar surface area (TPSA) is 609 Å². The molecule has 7 aromatic heterocycles. The molecule has 64 heteroatoms. The normalized spacial score (nSPS) is 12.1. The number of nitrogens with zero attached hydrogens (tertiary/aromatic N) is 20. The van der Waals surface area contributed by atoms with Gasteiger partial charge in [0.05, 0.1) is 133 Å². The number of carboxylic acid groups (broad SMARTS) is 1. The first-order valence-electron chi connectivity index (χ1n) is 31.7. The molecule has 11 heterocycles. The van der Waals surface area contributed by atoms with Crippen LogP contribution in [0.3, 0.4) is 0 Å². The SMILES string of the molecule is BrCCBr.BrP(Br)Br.C.C1CCOC1.C1CCOC1.CN.CN1CCn2nc(N)cc2C1.CN1CCn2nc([N+](=O)[O-])cc2C1.COC(=O)c1cc([N+](=O)[O-])[nH]n1.COC(=O)c1cc([N+](=O)[O-])nn1CCBr.ClC(Cl)Cl.O=C(O)c1cc([N+](=O)[O-])[nH]n1.O=S(Cl)Cl.O=[N+]([O-])c1cc(CBr)n(CCBr)n1.O=[N+]([O-])c1cc(CO)n(CCBr)n1.[B].[H-].[Li+]. The summed E-state index contributed by atoms with van der Waals surface area (Å²) in [5.74, 6) is -3.53. The number of likely N-dealkylation sites (N-methyl/N-ethyl adjacent to an activating group) is 2. The Balaban J connectivity index is -0.000000235. The van der Waals surface area contributed by atoms with Crippen molar-refractivity contribution in [3.63, 3.8) is 0 Å². The van der Waals surface area contributed by atoms with Gasteiger partial charge in [0.2, 0.25) is 9.23 Å². The van der Waals surface area contributed by atoms with Crippen LogP contribution in [0.5, 0.6) is 0 Å². The van der Waals surface area contributed by atoms with Crippen molar-refractivity contribution in [2.45, 2.75) is 95.2 Å². The molecular formula is C55H84BBr9Cl5LiN24O22PS. The second-order valence-corrected chi connectivity index (χ2v) is 45.0. The molecule has 0 unspecified atom stereocenters. The third-order valence-corrected chi connectivity index (χ3v) is 16.1. The Bertz CT molecular complexity index is 3870. The molecule has 4 aliphatic heterocycles. The number of nitrogens with two attached hydrogens (primary N) is 2. The van der Waals surface area contributed by atoms with Crippen LogP contribution in [-0.2, 0) is 85.9 Å². The summed E-state index contributed by atoms with van der Waals surface area (Å²) in [5, 5.41) is 113. The van der Waals surface area contributed by atoms with Gasteiger partial charge in [0.25, 0.3) is 0 Å². The van der Waals surface area contributed by atoms with E-state index in [-0.39, 0.29) is 92.9 Å². The number of alkyl halides is 9. The number of hydrogen-bond acceptors (Lipinski definition) is 32. The molecule has 0 aliphatic carbocycles. The zero-order valence-corrected chi connectivity index (χ0v) is 82.7. The number of nitro groups is 6. The van der Waals surface area contributed by atoms with E-state index < -0.39 is 66.8 Å². The van der Waals surface area contributed by atoms with Crippen LogP contribution in [-0.4, -0.2) is 255 Å². The van der Waals surface area contributed by atoms with Gasteiger partial charge in [-0.3, -0.25) is 14.5 Å². The largest absolute Gasteiger partial charge is 1.00 e. The first-order valence-corrected chi connectivity index (χ1v) is 50.0. The van der Waals surface area contributed by atoms with Crippen molar-refractivity contribution >= 4 is 279 Å². The van der Waals surface area contributed by atoms with Crippen molar-refractivity contribution in [1.82, 2.24) is 79.1 Å². The number of rotatable bonds is 18. The minimum Gasteiger partial charge on any atom is -1.00 e. The van der Waals surface area contributed by atoms with Gasteiger partial charge in [-0.2, -0.15) is 23.8 Å². The first-order chi connectivity index (χ1) is 54.8. The first kappa shape index (κ1) is 126. The van der Waals surface area contributed by atoms with Crippen LogP contribution in [0.4, 0.5) is 40.7 Å². The summed E-state index contributed by atoms with van der Waals surface area (Å²) in [4.78, 5) is 94.5. The smallest absolute Gasteiger partial charge is 1.00 e.